The lowest BCUT2D eigenvalue weighted by atomic mass is 9.77. The van der Waals surface area contributed by atoms with Crippen LogP contribution in [0.2, 0.25) is 0 Å². The van der Waals surface area contributed by atoms with Gasteiger partial charge in [-0.2, -0.15) is 0 Å². The molecule has 3 amide bonds. The average molecular weight is 648 g/mol. The highest BCUT2D eigenvalue weighted by Gasteiger charge is 2.39. The Bertz CT molecular complexity index is 1430. The molecule has 0 aliphatic heterocycles. The monoisotopic (exact) mass is 647 g/mol. The van der Waals surface area contributed by atoms with Gasteiger partial charge in [0.2, 0.25) is 11.8 Å². The van der Waals surface area contributed by atoms with Gasteiger partial charge in [-0.25, -0.2) is 0 Å². The first kappa shape index (κ1) is 36.1. The molecule has 252 valence electrons. The minimum absolute atomic E-state index is 0.209. The minimum Gasteiger partial charge on any atom is -0.381 e. The van der Waals surface area contributed by atoms with E-state index in [9.17, 15) is 19.5 Å². The van der Waals surface area contributed by atoms with Crippen molar-refractivity contribution in [3.05, 3.63) is 144 Å². The predicted octanol–water partition coefficient (Wildman–Crippen LogP) is 6.79. The van der Waals surface area contributed by atoms with Crippen LogP contribution >= 0.6 is 0 Å². The SMILES string of the molecule is CCCCCCCCCC(=O)N[C@H](CC(=O)NC(c1ccccc1)(c1ccccc1)c1ccccc1)C(O)C(=O)NCc1ccccc1. The number of rotatable bonds is 19. The van der Waals surface area contributed by atoms with Crippen molar-refractivity contribution in [1.82, 2.24) is 16.0 Å². The molecule has 7 heteroatoms. The standard InChI is InChI=1S/C41H49N3O4/c1-2-3-4-5-6-7-20-29-37(45)43-36(39(47)40(48)42-31-32-21-12-8-13-22-32)30-38(46)44-41(33-23-14-9-15-24-33,34-25-16-10-17-26-34)35-27-18-11-19-28-35/h8-19,21-28,36,39,47H,2-7,20,29-31H2,1H3,(H,42,48)(H,43,45)(H,44,46)/t36-,39?/m1/s1. The quantitative estimate of drug-likeness (QED) is 0.0664. The van der Waals surface area contributed by atoms with Crippen molar-refractivity contribution in [3.63, 3.8) is 0 Å². The molecular weight excluding hydrogens is 598 g/mol. The van der Waals surface area contributed by atoms with Crippen LogP contribution in [0.3, 0.4) is 0 Å². The second kappa shape index (κ2) is 19.2. The minimum atomic E-state index is -1.64. The van der Waals surface area contributed by atoms with Crippen LogP contribution in [-0.2, 0) is 26.5 Å². The lowest BCUT2D eigenvalue weighted by Gasteiger charge is -2.37. The Kier molecular flexibility index (Phi) is 14.4. The second-order valence-electron chi connectivity index (χ2n) is 12.3. The topological polar surface area (TPSA) is 108 Å². The summed E-state index contributed by atoms with van der Waals surface area (Å²) in [6.07, 6.45) is 5.73. The van der Waals surface area contributed by atoms with Gasteiger partial charge in [0, 0.05) is 19.4 Å². The molecule has 0 heterocycles. The zero-order chi connectivity index (χ0) is 34.0. The number of carbonyl (C=O) groups excluding carboxylic acids is 3. The van der Waals surface area contributed by atoms with Crippen LogP contribution in [0, 0.1) is 0 Å². The number of nitrogens with one attached hydrogen (secondary N) is 3. The van der Waals surface area contributed by atoms with Crippen molar-refractivity contribution in [2.24, 2.45) is 0 Å². The van der Waals surface area contributed by atoms with Crippen molar-refractivity contribution in [3.8, 4) is 0 Å². The number of amides is 3. The first-order valence-electron chi connectivity index (χ1n) is 17.2. The number of hydrogen-bond donors (Lipinski definition) is 4. The van der Waals surface area contributed by atoms with Gasteiger partial charge in [0.1, 0.15) is 5.54 Å². The van der Waals surface area contributed by atoms with E-state index in [0.717, 1.165) is 41.5 Å². The number of benzene rings is 4. The summed E-state index contributed by atoms with van der Waals surface area (Å²) in [5, 5.41) is 20.2. The number of aliphatic hydroxyl groups is 1. The fourth-order valence-corrected chi connectivity index (χ4v) is 6.08. The third-order valence-electron chi connectivity index (χ3n) is 8.67. The molecule has 4 aromatic rings. The van der Waals surface area contributed by atoms with Crippen LogP contribution in [0.1, 0.15) is 87.0 Å². The van der Waals surface area contributed by atoms with Crippen LogP contribution in [0.15, 0.2) is 121 Å². The molecule has 0 spiro atoms. The highest BCUT2D eigenvalue weighted by atomic mass is 16.3. The molecule has 4 rings (SSSR count). The Morgan fingerprint density at radius 1 is 0.625 bits per heavy atom. The van der Waals surface area contributed by atoms with E-state index < -0.39 is 29.5 Å². The fraction of sp³-hybridized carbons (Fsp3) is 0.341. The molecule has 0 radical (unpaired) electrons. The van der Waals surface area contributed by atoms with Gasteiger partial charge in [-0.3, -0.25) is 14.4 Å². The third-order valence-corrected chi connectivity index (χ3v) is 8.67. The number of unbranched alkanes of at least 4 members (excludes halogenated alkanes) is 6. The Hall–Kier alpha value is -4.75. The van der Waals surface area contributed by atoms with E-state index in [1.807, 2.05) is 121 Å². The summed E-state index contributed by atoms with van der Waals surface area (Å²) in [5.41, 5.74) is 2.33. The summed E-state index contributed by atoms with van der Waals surface area (Å²) >= 11 is 0. The Morgan fingerprint density at radius 2 is 1.08 bits per heavy atom. The fourth-order valence-electron chi connectivity index (χ4n) is 6.08. The molecule has 2 atom stereocenters. The first-order chi connectivity index (χ1) is 23.4. The van der Waals surface area contributed by atoms with Crippen LogP contribution in [0.5, 0.6) is 0 Å². The maximum atomic E-state index is 14.2. The lowest BCUT2D eigenvalue weighted by Crippen LogP contribution is -2.54. The van der Waals surface area contributed by atoms with E-state index in [-0.39, 0.29) is 25.3 Å². The van der Waals surface area contributed by atoms with Crippen molar-refractivity contribution in [1.29, 1.82) is 0 Å². The molecule has 4 aromatic carbocycles. The maximum Gasteiger partial charge on any atom is 0.251 e. The molecule has 0 aliphatic carbocycles. The molecule has 0 saturated carbocycles. The zero-order valence-electron chi connectivity index (χ0n) is 27.9. The summed E-state index contributed by atoms with van der Waals surface area (Å²) in [6, 6.07) is 37.4. The van der Waals surface area contributed by atoms with E-state index in [0.29, 0.717) is 6.42 Å². The Balaban J connectivity index is 1.56. The van der Waals surface area contributed by atoms with Crippen LogP contribution in [0.4, 0.5) is 0 Å². The summed E-state index contributed by atoms with van der Waals surface area (Å²) in [5.74, 6) is -1.38. The van der Waals surface area contributed by atoms with E-state index in [4.69, 9.17) is 0 Å². The van der Waals surface area contributed by atoms with Gasteiger partial charge in [-0.1, -0.05) is 167 Å². The summed E-state index contributed by atoms with van der Waals surface area (Å²) in [7, 11) is 0. The predicted molar refractivity (Wildman–Crippen MR) is 191 cm³/mol. The summed E-state index contributed by atoms with van der Waals surface area (Å²) in [4.78, 5) is 40.5. The average Bonchev–Trinajstić information content (AvgIpc) is 3.13. The molecule has 0 aromatic heterocycles. The maximum absolute atomic E-state index is 14.2. The molecule has 0 bridgehead atoms. The third kappa shape index (κ3) is 10.4. The molecule has 0 aliphatic rings. The molecule has 0 fully saturated rings. The van der Waals surface area contributed by atoms with Gasteiger partial charge in [0.15, 0.2) is 6.10 Å². The first-order valence-corrected chi connectivity index (χ1v) is 17.2. The largest absolute Gasteiger partial charge is 0.381 e. The normalized spacial score (nSPS) is 12.5. The molecule has 4 N–H and O–H groups in total. The highest BCUT2D eigenvalue weighted by Crippen LogP contribution is 2.37. The van der Waals surface area contributed by atoms with E-state index in [1.54, 1.807) is 0 Å². The van der Waals surface area contributed by atoms with Crippen molar-refractivity contribution >= 4 is 17.7 Å². The molecule has 0 saturated heterocycles. The molecule has 1 unspecified atom stereocenters. The molecule has 7 nitrogen and oxygen atoms in total. The van der Waals surface area contributed by atoms with Crippen molar-refractivity contribution in [2.75, 3.05) is 0 Å². The van der Waals surface area contributed by atoms with Crippen LogP contribution in [-0.4, -0.2) is 35.0 Å². The highest BCUT2D eigenvalue weighted by molar-refractivity contribution is 5.86. The zero-order valence-corrected chi connectivity index (χ0v) is 27.9. The van der Waals surface area contributed by atoms with Crippen LogP contribution in [0.25, 0.3) is 0 Å². The molecule has 48 heavy (non-hydrogen) atoms. The van der Waals surface area contributed by atoms with Gasteiger partial charge in [-0.05, 0) is 28.7 Å². The second-order valence-corrected chi connectivity index (χ2v) is 12.3. The summed E-state index contributed by atoms with van der Waals surface area (Å²) < 4.78 is 0. The Labute approximate surface area is 285 Å². The van der Waals surface area contributed by atoms with Gasteiger partial charge < -0.3 is 21.1 Å². The number of aliphatic hydroxyl groups excluding tert-OH is 1. The van der Waals surface area contributed by atoms with Gasteiger partial charge in [0.05, 0.1) is 6.04 Å². The van der Waals surface area contributed by atoms with Crippen molar-refractivity contribution in [2.45, 2.75) is 88.9 Å². The van der Waals surface area contributed by atoms with E-state index >= 15 is 0 Å². The van der Waals surface area contributed by atoms with Gasteiger partial charge in [-0.15, -0.1) is 0 Å². The smallest absolute Gasteiger partial charge is 0.251 e. The van der Waals surface area contributed by atoms with E-state index in [1.165, 1.54) is 19.3 Å². The number of hydrogen-bond acceptors (Lipinski definition) is 4. The number of carbonyl (C=O) groups is 3. The Morgan fingerprint density at radius 3 is 1.58 bits per heavy atom. The van der Waals surface area contributed by atoms with Crippen LogP contribution < -0.4 is 16.0 Å². The molecular formula is C41H49N3O4. The summed E-state index contributed by atoms with van der Waals surface area (Å²) in [6.45, 7) is 2.39. The van der Waals surface area contributed by atoms with Gasteiger partial charge in [0.25, 0.3) is 5.91 Å². The van der Waals surface area contributed by atoms with Crippen molar-refractivity contribution < 1.29 is 19.5 Å². The lowest BCUT2D eigenvalue weighted by molar-refractivity contribution is -0.133. The van der Waals surface area contributed by atoms with E-state index in [2.05, 4.69) is 22.9 Å². The van der Waals surface area contributed by atoms with Gasteiger partial charge >= 0.3 is 0 Å².